The first kappa shape index (κ1) is 12.0. The normalized spacial score (nSPS) is 17.2. The summed E-state index contributed by atoms with van der Waals surface area (Å²) in [6.07, 6.45) is 1.03. The molecule has 0 spiro atoms. The number of para-hydroxylation sites is 1. The summed E-state index contributed by atoms with van der Waals surface area (Å²) in [5, 5.41) is 0.778. The molecule has 0 amide bonds. The second-order valence-corrected chi connectivity index (χ2v) is 4.51. The van der Waals surface area contributed by atoms with Crippen molar-refractivity contribution in [3.8, 4) is 0 Å². The Hall–Kier alpha value is -0.440. The molecule has 0 aliphatic carbocycles. The highest BCUT2D eigenvalue weighted by atomic mass is 35.5. The molecule has 2 rings (SSSR count). The highest BCUT2D eigenvalue weighted by Gasteiger charge is 2.16. The number of rotatable bonds is 2. The van der Waals surface area contributed by atoms with E-state index in [1.54, 1.807) is 0 Å². The van der Waals surface area contributed by atoms with Gasteiger partial charge >= 0.3 is 0 Å². The minimum atomic E-state index is 0.493. The highest BCUT2D eigenvalue weighted by molar-refractivity contribution is 6.33. The quantitative estimate of drug-likeness (QED) is 0.756. The maximum atomic E-state index is 6.25. The van der Waals surface area contributed by atoms with Gasteiger partial charge in [0.2, 0.25) is 0 Å². The molecule has 0 bridgehead atoms. The second-order valence-electron chi connectivity index (χ2n) is 3.83. The fourth-order valence-corrected chi connectivity index (χ4v) is 2.52. The topological polar surface area (TPSA) is 12.5 Å². The van der Waals surface area contributed by atoms with Crippen LogP contribution in [0.5, 0.6) is 0 Å². The summed E-state index contributed by atoms with van der Waals surface area (Å²) < 4.78 is 5.44. The lowest BCUT2D eigenvalue weighted by atomic mass is 10.1. The molecule has 1 aliphatic heterocycles. The molecular formula is C12H15Cl2NO. The second kappa shape index (κ2) is 5.76. The number of halogens is 2. The van der Waals surface area contributed by atoms with Gasteiger partial charge in [-0.2, -0.15) is 0 Å². The van der Waals surface area contributed by atoms with Crippen LogP contribution < -0.4 is 4.90 Å². The van der Waals surface area contributed by atoms with Gasteiger partial charge in [0, 0.05) is 25.6 Å². The van der Waals surface area contributed by atoms with Crippen LogP contribution in [0, 0.1) is 0 Å². The first-order valence-electron chi connectivity index (χ1n) is 5.49. The van der Waals surface area contributed by atoms with Gasteiger partial charge in [-0.25, -0.2) is 0 Å². The Kier molecular flexibility index (Phi) is 4.33. The van der Waals surface area contributed by atoms with Crippen LogP contribution in [0.2, 0.25) is 5.02 Å². The zero-order valence-electron chi connectivity index (χ0n) is 9.09. The van der Waals surface area contributed by atoms with E-state index in [1.807, 2.05) is 18.2 Å². The summed E-state index contributed by atoms with van der Waals surface area (Å²) in [5.74, 6) is 0.493. The van der Waals surface area contributed by atoms with E-state index >= 15 is 0 Å². The number of alkyl halides is 1. The molecule has 0 unspecified atom stereocenters. The zero-order valence-corrected chi connectivity index (χ0v) is 10.6. The van der Waals surface area contributed by atoms with E-state index in [0.717, 1.165) is 49.0 Å². The zero-order chi connectivity index (χ0) is 11.4. The van der Waals surface area contributed by atoms with Gasteiger partial charge in [0.25, 0.3) is 0 Å². The molecular weight excluding hydrogens is 245 g/mol. The molecule has 1 fully saturated rings. The van der Waals surface area contributed by atoms with Crippen molar-refractivity contribution < 1.29 is 4.74 Å². The molecule has 1 saturated heterocycles. The van der Waals surface area contributed by atoms with Crippen molar-refractivity contribution in [3.63, 3.8) is 0 Å². The monoisotopic (exact) mass is 259 g/mol. The minimum absolute atomic E-state index is 0.493. The van der Waals surface area contributed by atoms with Crippen LogP contribution in [-0.2, 0) is 10.6 Å². The van der Waals surface area contributed by atoms with Crippen molar-refractivity contribution in [2.45, 2.75) is 12.3 Å². The summed E-state index contributed by atoms with van der Waals surface area (Å²) >= 11 is 12.2. The smallest absolute Gasteiger partial charge is 0.0642 e. The van der Waals surface area contributed by atoms with Crippen molar-refractivity contribution in [3.05, 3.63) is 28.8 Å². The molecule has 1 aliphatic rings. The van der Waals surface area contributed by atoms with E-state index < -0.39 is 0 Å². The molecule has 0 aromatic heterocycles. The summed E-state index contributed by atoms with van der Waals surface area (Å²) in [6.45, 7) is 3.45. The van der Waals surface area contributed by atoms with Crippen molar-refractivity contribution in [2.24, 2.45) is 0 Å². The molecule has 0 radical (unpaired) electrons. The molecule has 0 N–H and O–H groups in total. The maximum Gasteiger partial charge on any atom is 0.0642 e. The van der Waals surface area contributed by atoms with Gasteiger partial charge in [-0.3, -0.25) is 0 Å². The SMILES string of the molecule is ClCc1cccc(Cl)c1N1CCCOCC1. The molecule has 0 saturated carbocycles. The number of hydrogen-bond acceptors (Lipinski definition) is 2. The third kappa shape index (κ3) is 2.62. The first-order chi connectivity index (χ1) is 7.83. The van der Waals surface area contributed by atoms with E-state index in [0.29, 0.717) is 5.88 Å². The Morgan fingerprint density at radius 2 is 2.12 bits per heavy atom. The third-order valence-corrected chi connectivity index (χ3v) is 3.35. The molecule has 4 heteroatoms. The van der Waals surface area contributed by atoms with Crippen LogP contribution in [0.15, 0.2) is 18.2 Å². The van der Waals surface area contributed by atoms with Crippen molar-refractivity contribution >= 4 is 28.9 Å². The van der Waals surface area contributed by atoms with Gasteiger partial charge in [-0.05, 0) is 18.1 Å². The van der Waals surface area contributed by atoms with Crippen LogP contribution in [0.3, 0.4) is 0 Å². The van der Waals surface area contributed by atoms with Gasteiger partial charge in [-0.1, -0.05) is 23.7 Å². The molecule has 16 heavy (non-hydrogen) atoms. The van der Waals surface area contributed by atoms with Crippen molar-refractivity contribution in [1.29, 1.82) is 0 Å². The Balaban J connectivity index is 2.29. The standard InChI is InChI=1S/C12H15Cl2NO/c13-9-10-3-1-4-11(14)12(10)15-5-2-7-16-8-6-15/h1,3-4H,2,5-9H2. The predicted octanol–water partition coefficient (Wildman–Crippen LogP) is 3.31. The maximum absolute atomic E-state index is 6.25. The number of ether oxygens (including phenoxy) is 1. The lowest BCUT2D eigenvalue weighted by Crippen LogP contribution is -2.27. The summed E-state index contributed by atoms with van der Waals surface area (Å²) in [7, 11) is 0. The third-order valence-electron chi connectivity index (χ3n) is 2.75. The number of benzene rings is 1. The molecule has 88 valence electrons. The molecule has 1 aromatic carbocycles. The lowest BCUT2D eigenvalue weighted by Gasteiger charge is -2.25. The van der Waals surface area contributed by atoms with Gasteiger partial charge in [0.05, 0.1) is 17.3 Å². The summed E-state index contributed by atoms with van der Waals surface area (Å²) in [5.41, 5.74) is 2.17. The molecule has 0 atom stereocenters. The molecule has 1 aromatic rings. The summed E-state index contributed by atoms with van der Waals surface area (Å²) in [4.78, 5) is 2.27. The molecule has 1 heterocycles. The van der Waals surface area contributed by atoms with Gasteiger partial charge in [-0.15, -0.1) is 11.6 Å². The fraction of sp³-hybridized carbons (Fsp3) is 0.500. The van der Waals surface area contributed by atoms with Gasteiger partial charge < -0.3 is 9.64 Å². The largest absolute Gasteiger partial charge is 0.380 e. The lowest BCUT2D eigenvalue weighted by molar-refractivity contribution is 0.152. The Labute approximate surface area is 106 Å². The van der Waals surface area contributed by atoms with E-state index in [9.17, 15) is 0 Å². The van der Waals surface area contributed by atoms with E-state index in [4.69, 9.17) is 27.9 Å². The van der Waals surface area contributed by atoms with Crippen LogP contribution in [0.4, 0.5) is 5.69 Å². The van der Waals surface area contributed by atoms with Crippen LogP contribution in [0.1, 0.15) is 12.0 Å². The van der Waals surface area contributed by atoms with Crippen LogP contribution in [-0.4, -0.2) is 26.3 Å². The first-order valence-corrected chi connectivity index (χ1v) is 6.40. The average molecular weight is 260 g/mol. The Morgan fingerprint density at radius 1 is 1.25 bits per heavy atom. The van der Waals surface area contributed by atoms with Gasteiger partial charge in [0.1, 0.15) is 0 Å². The number of nitrogens with zero attached hydrogens (tertiary/aromatic N) is 1. The number of hydrogen-bond donors (Lipinski definition) is 0. The predicted molar refractivity (Wildman–Crippen MR) is 68.7 cm³/mol. The molecule has 2 nitrogen and oxygen atoms in total. The van der Waals surface area contributed by atoms with E-state index in [-0.39, 0.29) is 0 Å². The average Bonchev–Trinajstić information content (AvgIpc) is 2.57. The summed E-state index contributed by atoms with van der Waals surface area (Å²) in [6, 6.07) is 5.89. The fourth-order valence-electron chi connectivity index (χ4n) is 1.99. The van der Waals surface area contributed by atoms with Crippen molar-refractivity contribution in [2.75, 3.05) is 31.2 Å². The van der Waals surface area contributed by atoms with E-state index in [2.05, 4.69) is 4.90 Å². The highest BCUT2D eigenvalue weighted by Crippen LogP contribution is 2.31. The van der Waals surface area contributed by atoms with Crippen LogP contribution in [0.25, 0.3) is 0 Å². The van der Waals surface area contributed by atoms with E-state index in [1.165, 1.54) is 0 Å². The van der Waals surface area contributed by atoms with Crippen molar-refractivity contribution in [1.82, 2.24) is 0 Å². The minimum Gasteiger partial charge on any atom is -0.380 e. The Morgan fingerprint density at radius 3 is 2.94 bits per heavy atom. The Bertz CT molecular complexity index is 349. The number of anilines is 1. The van der Waals surface area contributed by atoms with Crippen LogP contribution >= 0.6 is 23.2 Å². The van der Waals surface area contributed by atoms with Gasteiger partial charge in [0.15, 0.2) is 0 Å².